The van der Waals surface area contributed by atoms with Gasteiger partial charge in [-0.1, -0.05) is 42.8 Å². The molecule has 1 saturated heterocycles. The summed E-state index contributed by atoms with van der Waals surface area (Å²) in [6.07, 6.45) is 6.00. The fraction of sp³-hybridized carbons (Fsp3) is 0.462. The molecule has 0 atom stereocenters. The van der Waals surface area contributed by atoms with Gasteiger partial charge < -0.3 is 14.2 Å². The summed E-state index contributed by atoms with van der Waals surface area (Å²) in [6, 6.07) is 12.5. The number of hydrogen-bond acceptors (Lipinski definition) is 3. The smallest absolute Gasteiger partial charge is 0.228 e. The van der Waals surface area contributed by atoms with Gasteiger partial charge in [0.05, 0.1) is 17.8 Å². The molecule has 2 aromatic heterocycles. The van der Waals surface area contributed by atoms with Crippen LogP contribution in [0.4, 0.5) is 0 Å². The number of carbonyl (C=O) groups is 1. The zero-order chi connectivity index (χ0) is 21.8. The summed E-state index contributed by atoms with van der Waals surface area (Å²) in [6.45, 7) is 11.2. The van der Waals surface area contributed by atoms with E-state index >= 15 is 0 Å². The first-order valence-corrected chi connectivity index (χ1v) is 11.6. The average molecular weight is 419 g/mol. The molecule has 5 nitrogen and oxygen atoms in total. The molecule has 0 saturated carbocycles. The summed E-state index contributed by atoms with van der Waals surface area (Å²) in [5.41, 5.74) is 6.23. The molecule has 0 bridgehead atoms. The van der Waals surface area contributed by atoms with Crippen molar-refractivity contribution in [2.75, 3.05) is 32.7 Å². The Bertz CT molecular complexity index is 1030. The average Bonchev–Trinajstić information content (AvgIpc) is 3.40. The summed E-state index contributed by atoms with van der Waals surface area (Å²) in [7, 11) is 0. The molecule has 1 aliphatic rings. The SMILES string of the molecule is CCCN(CCN1CCCC1)C(=O)Cc1c(-c2ccc(C)cc2)nc2ccc(C)cn12. The summed E-state index contributed by atoms with van der Waals surface area (Å²) in [5, 5.41) is 0. The maximum absolute atomic E-state index is 13.4. The highest BCUT2D eigenvalue weighted by molar-refractivity contribution is 5.81. The molecule has 164 valence electrons. The Hall–Kier alpha value is -2.66. The van der Waals surface area contributed by atoms with Gasteiger partial charge in [-0.15, -0.1) is 0 Å². The number of hydrogen-bond donors (Lipinski definition) is 0. The van der Waals surface area contributed by atoms with Gasteiger partial charge in [0, 0.05) is 31.4 Å². The Morgan fingerprint density at radius 2 is 1.71 bits per heavy atom. The van der Waals surface area contributed by atoms with E-state index in [4.69, 9.17) is 4.98 Å². The first-order valence-electron chi connectivity index (χ1n) is 11.6. The van der Waals surface area contributed by atoms with Crippen molar-refractivity contribution in [2.24, 2.45) is 0 Å². The molecule has 3 heterocycles. The number of nitrogens with zero attached hydrogens (tertiary/aromatic N) is 4. The minimum Gasteiger partial charge on any atom is -0.341 e. The highest BCUT2D eigenvalue weighted by atomic mass is 16.2. The fourth-order valence-corrected chi connectivity index (χ4v) is 4.47. The summed E-state index contributed by atoms with van der Waals surface area (Å²) in [4.78, 5) is 22.9. The second-order valence-electron chi connectivity index (χ2n) is 8.81. The van der Waals surface area contributed by atoms with Crippen LogP contribution in [0, 0.1) is 13.8 Å². The molecule has 1 fully saturated rings. The molecule has 0 aliphatic carbocycles. The van der Waals surface area contributed by atoms with E-state index in [0.29, 0.717) is 6.42 Å². The van der Waals surface area contributed by atoms with Gasteiger partial charge in [-0.25, -0.2) is 4.98 Å². The molecule has 1 amide bonds. The number of likely N-dealkylation sites (tertiary alicyclic amines) is 1. The van der Waals surface area contributed by atoms with Crippen molar-refractivity contribution in [1.29, 1.82) is 0 Å². The summed E-state index contributed by atoms with van der Waals surface area (Å²) < 4.78 is 2.10. The molecule has 31 heavy (non-hydrogen) atoms. The zero-order valence-corrected chi connectivity index (χ0v) is 19.1. The van der Waals surface area contributed by atoms with Gasteiger partial charge in [-0.3, -0.25) is 4.79 Å². The number of aromatic nitrogens is 2. The predicted molar refractivity (Wildman–Crippen MR) is 126 cm³/mol. The van der Waals surface area contributed by atoms with Crippen molar-refractivity contribution in [1.82, 2.24) is 19.2 Å². The maximum Gasteiger partial charge on any atom is 0.228 e. The molecular weight excluding hydrogens is 384 g/mol. The van der Waals surface area contributed by atoms with E-state index in [0.717, 1.165) is 67.3 Å². The van der Waals surface area contributed by atoms with Crippen LogP contribution in [0.15, 0.2) is 42.6 Å². The minimum absolute atomic E-state index is 0.192. The number of benzene rings is 1. The van der Waals surface area contributed by atoms with Crippen molar-refractivity contribution in [3.05, 3.63) is 59.4 Å². The van der Waals surface area contributed by atoms with Gasteiger partial charge in [-0.2, -0.15) is 0 Å². The van der Waals surface area contributed by atoms with Crippen LogP contribution in [-0.2, 0) is 11.2 Å². The Morgan fingerprint density at radius 1 is 1.00 bits per heavy atom. The number of amides is 1. The molecule has 1 aromatic carbocycles. The van der Waals surface area contributed by atoms with Gasteiger partial charge in [0.15, 0.2) is 0 Å². The van der Waals surface area contributed by atoms with E-state index in [1.54, 1.807) is 0 Å². The lowest BCUT2D eigenvalue weighted by Crippen LogP contribution is -2.39. The normalized spacial score (nSPS) is 14.4. The molecule has 5 heteroatoms. The van der Waals surface area contributed by atoms with E-state index < -0.39 is 0 Å². The molecule has 3 aromatic rings. The van der Waals surface area contributed by atoms with Gasteiger partial charge >= 0.3 is 0 Å². The van der Waals surface area contributed by atoms with E-state index in [9.17, 15) is 4.79 Å². The van der Waals surface area contributed by atoms with Crippen molar-refractivity contribution in [2.45, 2.75) is 46.5 Å². The van der Waals surface area contributed by atoms with Crippen LogP contribution in [0.1, 0.15) is 43.0 Å². The first kappa shape index (κ1) is 21.6. The molecule has 0 radical (unpaired) electrons. The number of rotatable bonds is 8. The van der Waals surface area contributed by atoms with Crippen LogP contribution in [-0.4, -0.2) is 57.8 Å². The highest BCUT2D eigenvalue weighted by Gasteiger charge is 2.21. The molecule has 1 aliphatic heterocycles. The van der Waals surface area contributed by atoms with Crippen molar-refractivity contribution in [3.63, 3.8) is 0 Å². The maximum atomic E-state index is 13.4. The monoisotopic (exact) mass is 418 g/mol. The van der Waals surface area contributed by atoms with E-state index in [-0.39, 0.29) is 5.91 Å². The Morgan fingerprint density at radius 3 is 2.42 bits per heavy atom. The molecular formula is C26H34N4O. The third kappa shape index (κ3) is 4.99. The van der Waals surface area contributed by atoms with E-state index in [1.165, 1.54) is 18.4 Å². The van der Waals surface area contributed by atoms with Gasteiger partial charge in [-0.05, 0) is 57.8 Å². The van der Waals surface area contributed by atoms with Crippen LogP contribution >= 0.6 is 0 Å². The van der Waals surface area contributed by atoms with E-state index in [1.807, 2.05) is 11.0 Å². The van der Waals surface area contributed by atoms with Crippen LogP contribution in [0.2, 0.25) is 0 Å². The fourth-order valence-electron chi connectivity index (χ4n) is 4.47. The first-order chi connectivity index (χ1) is 15.0. The van der Waals surface area contributed by atoms with Crippen LogP contribution in [0.5, 0.6) is 0 Å². The second kappa shape index (κ2) is 9.65. The Kier molecular flexibility index (Phi) is 6.71. The van der Waals surface area contributed by atoms with Crippen molar-refractivity contribution < 1.29 is 4.79 Å². The zero-order valence-electron chi connectivity index (χ0n) is 19.1. The molecule has 0 N–H and O–H groups in total. The lowest BCUT2D eigenvalue weighted by atomic mass is 10.1. The lowest BCUT2D eigenvalue weighted by molar-refractivity contribution is -0.130. The number of imidazole rings is 1. The third-order valence-corrected chi connectivity index (χ3v) is 6.24. The summed E-state index contributed by atoms with van der Waals surface area (Å²) >= 11 is 0. The molecule has 4 rings (SSSR count). The highest BCUT2D eigenvalue weighted by Crippen LogP contribution is 2.26. The number of fused-ring (bicyclic) bond motifs is 1. The van der Waals surface area contributed by atoms with Gasteiger partial charge in [0.25, 0.3) is 0 Å². The number of pyridine rings is 1. The van der Waals surface area contributed by atoms with E-state index in [2.05, 4.69) is 66.6 Å². The second-order valence-corrected chi connectivity index (χ2v) is 8.81. The topological polar surface area (TPSA) is 40.8 Å². The van der Waals surface area contributed by atoms with Crippen molar-refractivity contribution >= 4 is 11.6 Å². The van der Waals surface area contributed by atoms with Gasteiger partial charge in [0.1, 0.15) is 5.65 Å². The molecule has 0 spiro atoms. The summed E-state index contributed by atoms with van der Waals surface area (Å²) in [5.74, 6) is 0.192. The van der Waals surface area contributed by atoms with Gasteiger partial charge in [0.2, 0.25) is 5.91 Å². The van der Waals surface area contributed by atoms with Crippen LogP contribution in [0.25, 0.3) is 16.9 Å². The lowest BCUT2D eigenvalue weighted by Gasteiger charge is -2.25. The third-order valence-electron chi connectivity index (χ3n) is 6.24. The Labute approximate surface area is 185 Å². The molecule has 0 unspecified atom stereocenters. The quantitative estimate of drug-likeness (QED) is 0.541. The van der Waals surface area contributed by atoms with Crippen molar-refractivity contribution in [3.8, 4) is 11.3 Å². The number of carbonyl (C=O) groups excluding carboxylic acids is 1. The number of aryl methyl sites for hydroxylation is 2. The van der Waals surface area contributed by atoms with Crippen LogP contribution in [0.3, 0.4) is 0 Å². The largest absolute Gasteiger partial charge is 0.341 e. The van der Waals surface area contributed by atoms with Crippen LogP contribution < -0.4 is 0 Å². The standard InChI is InChI=1S/C26H34N4O/c1-4-13-29(17-16-28-14-5-6-15-28)25(31)18-23-26(22-10-7-20(2)8-11-22)27-24-12-9-21(3)19-30(23)24/h7-12,19H,4-6,13-18H2,1-3H3. The minimum atomic E-state index is 0.192. The predicted octanol–water partition coefficient (Wildman–Crippen LogP) is 4.50. The Balaban J connectivity index is 1.63.